The Bertz CT molecular complexity index is 575. The molecule has 0 aliphatic heterocycles. The molecule has 0 fully saturated rings. The fourth-order valence-electron chi connectivity index (χ4n) is 1.48. The molecule has 0 amide bonds. The standard InChI is InChI=1S/C13H10BrCl2NO/c14-9-1-3-13(11(16)6-9)18-12-4-2-10(15)5-8(12)7-17/h1-6H,7,17H2. The number of nitrogens with two attached hydrogens (primary N) is 1. The van der Waals surface area contributed by atoms with Gasteiger partial charge in [0.2, 0.25) is 0 Å². The minimum Gasteiger partial charge on any atom is -0.455 e. The van der Waals surface area contributed by atoms with Crippen molar-refractivity contribution < 1.29 is 4.74 Å². The molecule has 18 heavy (non-hydrogen) atoms. The van der Waals surface area contributed by atoms with Crippen LogP contribution in [-0.2, 0) is 6.54 Å². The van der Waals surface area contributed by atoms with Gasteiger partial charge in [0.1, 0.15) is 11.5 Å². The van der Waals surface area contributed by atoms with E-state index in [1.165, 1.54) is 0 Å². The molecule has 2 aromatic carbocycles. The Morgan fingerprint density at radius 3 is 2.44 bits per heavy atom. The molecule has 5 heteroatoms. The van der Waals surface area contributed by atoms with E-state index in [2.05, 4.69) is 15.9 Å². The Hall–Kier alpha value is -0.740. The lowest BCUT2D eigenvalue weighted by Gasteiger charge is -2.11. The number of hydrogen-bond donors (Lipinski definition) is 1. The van der Waals surface area contributed by atoms with Crippen molar-refractivity contribution in [3.63, 3.8) is 0 Å². The van der Waals surface area contributed by atoms with Crippen LogP contribution in [0.25, 0.3) is 0 Å². The molecular formula is C13H10BrCl2NO. The van der Waals surface area contributed by atoms with Crippen LogP contribution in [-0.4, -0.2) is 0 Å². The van der Waals surface area contributed by atoms with Gasteiger partial charge in [-0.25, -0.2) is 0 Å². The van der Waals surface area contributed by atoms with E-state index in [-0.39, 0.29) is 0 Å². The van der Waals surface area contributed by atoms with E-state index in [0.717, 1.165) is 10.0 Å². The largest absolute Gasteiger partial charge is 0.455 e. The molecule has 0 radical (unpaired) electrons. The molecule has 0 spiro atoms. The third-order valence-corrected chi connectivity index (χ3v) is 3.38. The minimum absolute atomic E-state index is 0.351. The summed E-state index contributed by atoms with van der Waals surface area (Å²) in [6, 6.07) is 10.7. The Labute approximate surface area is 124 Å². The normalized spacial score (nSPS) is 10.4. The average molecular weight is 347 g/mol. The highest BCUT2D eigenvalue weighted by Gasteiger charge is 2.08. The van der Waals surface area contributed by atoms with Crippen molar-refractivity contribution in [1.29, 1.82) is 0 Å². The van der Waals surface area contributed by atoms with Crippen molar-refractivity contribution in [2.45, 2.75) is 6.54 Å². The molecule has 0 saturated heterocycles. The van der Waals surface area contributed by atoms with Gasteiger partial charge in [-0.1, -0.05) is 39.1 Å². The zero-order chi connectivity index (χ0) is 13.1. The van der Waals surface area contributed by atoms with Crippen molar-refractivity contribution in [2.75, 3.05) is 0 Å². The van der Waals surface area contributed by atoms with Gasteiger partial charge < -0.3 is 10.5 Å². The first-order chi connectivity index (χ1) is 8.60. The molecule has 2 rings (SSSR count). The zero-order valence-electron chi connectivity index (χ0n) is 9.29. The third-order valence-electron chi connectivity index (χ3n) is 2.36. The van der Waals surface area contributed by atoms with Gasteiger partial charge in [-0.2, -0.15) is 0 Å². The zero-order valence-corrected chi connectivity index (χ0v) is 12.4. The van der Waals surface area contributed by atoms with E-state index in [1.807, 2.05) is 6.07 Å². The summed E-state index contributed by atoms with van der Waals surface area (Å²) in [5, 5.41) is 1.16. The Morgan fingerprint density at radius 1 is 1.06 bits per heavy atom. The second-order valence-electron chi connectivity index (χ2n) is 3.63. The van der Waals surface area contributed by atoms with E-state index < -0.39 is 0 Å². The molecule has 2 nitrogen and oxygen atoms in total. The van der Waals surface area contributed by atoms with Crippen molar-refractivity contribution in [2.24, 2.45) is 5.73 Å². The number of rotatable bonds is 3. The van der Waals surface area contributed by atoms with Gasteiger partial charge in [-0.15, -0.1) is 0 Å². The van der Waals surface area contributed by atoms with Gasteiger partial charge in [0.25, 0.3) is 0 Å². The predicted molar refractivity (Wildman–Crippen MR) is 78.6 cm³/mol. The number of halogens is 3. The lowest BCUT2D eigenvalue weighted by molar-refractivity contribution is 0.476. The summed E-state index contributed by atoms with van der Waals surface area (Å²) >= 11 is 15.3. The third kappa shape index (κ3) is 3.18. The van der Waals surface area contributed by atoms with Crippen molar-refractivity contribution >= 4 is 39.1 Å². The Morgan fingerprint density at radius 2 is 1.78 bits per heavy atom. The van der Waals surface area contributed by atoms with E-state index in [0.29, 0.717) is 28.1 Å². The van der Waals surface area contributed by atoms with E-state index >= 15 is 0 Å². The van der Waals surface area contributed by atoms with Crippen LogP contribution in [0.15, 0.2) is 40.9 Å². The molecule has 2 N–H and O–H groups in total. The van der Waals surface area contributed by atoms with Crippen molar-refractivity contribution in [3.05, 3.63) is 56.5 Å². The number of ether oxygens (including phenoxy) is 1. The molecule has 94 valence electrons. The fraction of sp³-hybridized carbons (Fsp3) is 0.0769. The van der Waals surface area contributed by atoms with Crippen LogP contribution in [0.4, 0.5) is 0 Å². The maximum Gasteiger partial charge on any atom is 0.146 e. The van der Waals surface area contributed by atoms with E-state index in [9.17, 15) is 0 Å². The van der Waals surface area contributed by atoms with Crippen molar-refractivity contribution in [3.8, 4) is 11.5 Å². The van der Waals surface area contributed by atoms with Crippen LogP contribution in [0.2, 0.25) is 10.0 Å². The van der Waals surface area contributed by atoms with Gasteiger partial charge in [0.05, 0.1) is 5.02 Å². The first kappa shape index (κ1) is 13.7. The second kappa shape index (κ2) is 5.93. The topological polar surface area (TPSA) is 35.2 Å². The van der Waals surface area contributed by atoms with Gasteiger partial charge in [0.15, 0.2) is 0 Å². The minimum atomic E-state index is 0.351. The fourth-order valence-corrected chi connectivity index (χ4v) is 2.39. The smallest absolute Gasteiger partial charge is 0.146 e. The average Bonchev–Trinajstić information content (AvgIpc) is 2.34. The summed E-state index contributed by atoms with van der Waals surface area (Å²) in [5.41, 5.74) is 6.49. The maximum absolute atomic E-state index is 6.09. The highest BCUT2D eigenvalue weighted by Crippen LogP contribution is 2.33. The number of hydrogen-bond acceptors (Lipinski definition) is 2. The van der Waals surface area contributed by atoms with E-state index in [1.54, 1.807) is 30.3 Å². The first-order valence-corrected chi connectivity index (χ1v) is 6.76. The Balaban J connectivity index is 2.33. The molecule has 0 aliphatic carbocycles. The van der Waals surface area contributed by atoms with Crippen LogP contribution >= 0.6 is 39.1 Å². The van der Waals surface area contributed by atoms with Gasteiger partial charge in [0, 0.05) is 21.6 Å². The predicted octanol–water partition coefficient (Wildman–Crippen LogP) is 5.01. The molecule has 0 unspecified atom stereocenters. The van der Waals surface area contributed by atoms with Gasteiger partial charge in [-0.05, 0) is 36.4 Å². The summed E-state index contributed by atoms with van der Waals surface area (Å²) in [7, 11) is 0. The molecule has 0 atom stereocenters. The monoisotopic (exact) mass is 345 g/mol. The van der Waals surface area contributed by atoms with E-state index in [4.69, 9.17) is 33.7 Å². The summed E-state index contributed by atoms with van der Waals surface area (Å²) in [6.07, 6.45) is 0. The van der Waals surface area contributed by atoms with Gasteiger partial charge in [-0.3, -0.25) is 0 Å². The molecule has 0 aromatic heterocycles. The maximum atomic E-state index is 6.09. The first-order valence-electron chi connectivity index (χ1n) is 5.21. The molecule has 0 saturated carbocycles. The SMILES string of the molecule is NCc1cc(Cl)ccc1Oc1ccc(Br)cc1Cl. The van der Waals surface area contributed by atoms with Crippen LogP contribution in [0.5, 0.6) is 11.5 Å². The Kier molecular flexibility index (Phi) is 4.51. The second-order valence-corrected chi connectivity index (χ2v) is 5.39. The summed E-state index contributed by atoms with van der Waals surface area (Å²) in [6.45, 7) is 0.351. The molecule has 0 aliphatic rings. The van der Waals surface area contributed by atoms with Crippen molar-refractivity contribution in [1.82, 2.24) is 0 Å². The lowest BCUT2D eigenvalue weighted by atomic mass is 10.2. The highest BCUT2D eigenvalue weighted by atomic mass is 79.9. The summed E-state index contributed by atoms with van der Waals surface area (Å²) in [5.74, 6) is 1.24. The van der Waals surface area contributed by atoms with Crippen LogP contribution in [0, 0.1) is 0 Å². The number of benzene rings is 2. The summed E-state index contributed by atoms with van der Waals surface area (Å²) < 4.78 is 6.65. The molecule has 0 heterocycles. The molecule has 0 bridgehead atoms. The highest BCUT2D eigenvalue weighted by molar-refractivity contribution is 9.10. The molecule has 2 aromatic rings. The van der Waals surface area contributed by atoms with Crippen LogP contribution in [0.3, 0.4) is 0 Å². The quantitative estimate of drug-likeness (QED) is 0.848. The van der Waals surface area contributed by atoms with Gasteiger partial charge >= 0.3 is 0 Å². The lowest BCUT2D eigenvalue weighted by Crippen LogP contribution is -1.99. The van der Waals surface area contributed by atoms with Crippen LogP contribution < -0.4 is 10.5 Å². The summed E-state index contributed by atoms with van der Waals surface area (Å²) in [4.78, 5) is 0. The van der Waals surface area contributed by atoms with Crippen LogP contribution in [0.1, 0.15) is 5.56 Å². The molecular weight excluding hydrogens is 337 g/mol.